The minimum atomic E-state index is -0.657. The minimum Gasteiger partial charge on any atom is -0.501 e. The van der Waals surface area contributed by atoms with Crippen LogP contribution in [0.1, 0.15) is 46.9 Å². The van der Waals surface area contributed by atoms with E-state index < -0.39 is 17.2 Å². The third kappa shape index (κ3) is 4.03. The molecule has 1 aliphatic carbocycles. The van der Waals surface area contributed by atoms with Gasteiger partial charge in [0, 0.05) is 20.1 Å². The zero-order chi connectivity index (χ0) is 22.0. The smallest absolute Gasteiger partial charge is 0.297 e. The van der Waals surface area contributed by atoms with Crippen molar-refractivity contribution in [2.45, 2.75) is 31.3 Å². The maximum absolute atomic E-state index is 12.8. The van der Waals surface area contributed by atoms with Gasteiger partial charge in [0.25, 0.3) is 11.5 Å². The summed E-state index contributed by atoms with van der Waals surface area (Å²) < 4.78 is 1.27. The van der Waals surface area contributed by atoms with E-state index >= 15 is 0 Å². The number of aromatic hydroxyl groups is 1. The van der Waals surface area contributed by atoms with E-state index in [4.69, 9.17) is 0 Å². The number of benzene rings is 2. The summed E-state index contributed by atoms with van der Waals surface area (Å²) in [7, 11) is 3.37. The van der Waals surface area contributed by atoms with Gasteiger partial charge in [-0.2, -0.15) is 0 Å². The predicted molar refractivity (Wildman–Crippen MR) is 119 cm³/mol. The highest BCUT2D eigenvalue weighted by Gasteiger charge is 2.28. The van der Waals surface area contributed by atoms with E-state index in [2.05, 4.69) is 10.3 Å². The molecule has 1 aromatic heterocycles. The third-order valence-electron chi connectivity index (χ3n) is 5.83. The molecule has 31 heavy (non-hydrogen) atoms. The van der Waals surface area contributed by atoms with Crippen molar-refractivity contribution in [3.05, 3.63) is 87.8 Å². The van der Waals surface area contributed by atoms with Crippen molar-refractivity contribution in [1.29, 1.82) is 0 Å². The Bertz CT molecular complexity index is 1090. The zero-order valence-corrected chi connectivity index (χ0v) is 17.7. The standard InChI is InChI=1S/C24H26N4O3/c1-27(20(16-10-5-3-6-11-16)17-12-7-4-8-13-17)24-26-19(21(29)23(31)28(24)2)22(30)25-18-14-9-15-18/h3-8,10-13,18,20,29H,9,14-15H2,1-2H3,(H,25,30). The lowest BCUT2D eigenvalue weighted by Gasteiger charge is -2.31. The number of amides is 1. The van der Waals surface area contributed by atoms with Crippen molar-refractivity contribution in [1.82, 2.24) is 14.9 Å². The maximum Gasteiger partial charge on any atom is 0.297 e. The summed E-state index contributed by atoms with van der Waals surface area (Å²) in [6, 6.07) is 19.6. The fourth-order valence-electron chi connectivity index (χ4n) is 3.88. The average molecular weight is 418 g/mol. The Morgan fingerprint density at radius 3 is 2.13 bits per heavy atom. The number of hydrogen-bond acceptors (Lipinski definition) is 5. The van der Waals surface area contributed by atoms with Crippen LogP contribution in [0.2, 0.25) is 0 Å². The van der Waals surface area contributed by atoms with Crippen LogP contribution in [0.3, 0.4) is 0 Å². The van der Waals surface area contributed by atoms with Gasteiger partial charge < -0.3 is 15.3 Å². The molecule has 7 nitrogen and oxygen atoms in total. The van der Waals surface area contributed by atoms with Crippen LogP contribution >= 0.6 is 0 Å². The zero-order valence-electron chi connectivity index (χ0n) is 17.7. The molecule has 0 aliphatic heterocycles. The fraction of sp³-hybridized carbons (Fsp3) is 0.292. The van der Waals surface area contributed by atoms with E-state index in [-0.39, 0.29) is 17.8 Å². The van der Waals surface area contributed by atoms with Crippen LogP contribution in [-0.2, 0) is 7.05 Å². The monoisotopic (exact) mass is 418 g/mol. The van der Waals surface area contributed by atoms with Crippen LogP contribution in [0.25, 0.3) is 0 Å². The molecule has 7 heteroatoms. The molecule has 0 bridgehead atoms. The summed E-state index contributed by atoms with van der Waals surface area (Å²) in [5, 5.41) is 13.2. The predicted octanol–water partition coefficient (Wildman–Crippen LogP) is 2.99. The Morgan fingerprint density at radius 2 is 1.65 bits per heavy atom. The molecule has 160 valence electrons. The number of rotatable bonds is 6. The Kier molecular flexibility index (Phi) is 5.75. The van der Waals surface area contributed by atoms with Crippen LogP contribution in [-0.4, -0.2) is 33.7 Å². The first-order valence-corrected chi connectivity index (χ1v) is 10.4. The quantitative estimate of drug-likeness (QED) is 0.643. The number of aromatic nitrogens is 2. The van der Waals surface area contributed by atoms with Crippen molar-refractivity contribution < 1.29 is 9.90 Å². The molecule has 0 unspecified atom stereocenters. The summed E-state index contributed by atoms with van der Waals surface area (Å²) >= 11 is 0. The van der Waals surface area contributed by atoms with Gasteiger partial charge in [0.2, 0.25) is 11.7 Å². The van der Waals surface area contributed by atoms with E-state index in [9.17, 15) is 14.7 Å². The van der Waals surface area contributed by atoms with E-state index in [0.29, 0.717) is 5.95 Å². The molecule has 1 saturated carbocycles. The molecule has 2 N–H and O–H groups in total. The van der Waals surface area contributed by atoms with Gasteiger partial charge in [0.1, 0.15) is 0 Å². The maximum atomic E-state index is 12.8. The lowest BCUT2D eigenvalue weighted by Crippen LogP contribution is -2.41. The summed E-state index contributed by atoms with van der Waals surface area (Å²) in [5.41, 5.74) is 1.13. The fourth-order valence-corrected chi connectivity index (χ4v) is 3.88. The van der Waals surface area contributed by atoms with Crippen LogP contribution < -0.4 is 15.8 Å². The second-order valence-corrected chi connectivity index (χ2v) is 7.91. The van der Waals surface area contributed by atoms with E-state index in [1.807, 2.05) is 72.6 Å². The number of carbonyl (C=O) groups excluding carboxylic acids is 1. The summed E-state index contributed by atoms with van der Waals surface area (Å²) in [6.07, 6.45) is 2.85. The SMILES string of the molecule is CN(c1nc(C(=O)NC2CCC2)c(O)c(=O)n1C)C(c1ccccc1)c1ccccc1. The van der Waals surface area contributed by atoms with Gasteiger partial charge >= 0.3 is 0 Å². The first kappa shape index (κ1) is 20.7. The largest absolute Gasteiger partial charge is 0.501 e. The normalized spacial score (nSPS) is 13.6. The molecule has 0 spiro atoms. The molecule has 0 saturated heterocycles. The lowest BCUT2D eigenvalue weighted by molar-refractivity contribution is 0.0908. The molecule has 4 rings (SSSR count). The van der Waals surface area contributed by atoms with Crippen LogP contribution in [0, 0.1) is 0 Å². The molecule has 3 aromatic rings. The molecule has 1 fully saturated rings. The van der Waals surface area contributed by atoms with Crippen LogP contribution in [0.4, 0.5) is 5.95 Å². The molecule has 1 amide bonds. The Labute approximate surface area is 181 Å². The van der Waals surface area contributed by atoms with Crippen molar-refractivity contribution >= 4 is 11.9 Å². The van der Waals surface area contributed by atoms with Crippen molar-refractivity contribution in [3.8, 4) is 5.75 Å². The average Bonchev–Trinajstić information content (AvgIpc) is 2.76. The van der Waals surface area contributed by atoms with Gasteiger partial charge in [-0.25, -0.2) is 4.98 Å². The van der Waals surface area contributed by atoms with Gasteiger partial charge in [-0.05, 0) is 30.4 Å². The molecule has 0 atom stereocenters. The molecule has 1 aliphatic rings. The van der Waals surface area contributed by atoms with Crippen LogP contribution in [0.5, 0.6) is 5.75 Å². The second-order valence-electron chi connectivity index (χ2n) is 7.91. The lowest BCUT2D eigenvalue weighted by atomic mass is 9.93. The van der Waals surface area contributed by atoms with Gasteiger partial charge in [0.05, 0.1) is 6.04 Å². The molecular weight excluding hydrogens is 392 g/mol. The van der Waals surface area contributed by atoms with Gasteiger partial charge in [-0.3, -0.25) is 14.2 Å². The third-order valence-corrected chi connectivity index (χ3v) is 5.83. The van der Waals surface area contributed by atoms with E-state index in [0.717, 1.165) is 30.4 Å². The Hall–Kier alpha value is -3.61. The van der Waals surface area contributed by atoms with E-state index in [1.54, 1.807) is 7.05 Å². The first-order valence-electron chi connectivity index (χ1n) is 10.4. The summed E-state index contributed by atoms with van der Waals surface area (Å²) in [4.78, 5) is 31.8. The minimum absolute atomic E-state index is 0.0697. The first-order chi connectivity index (χ1) is 15.0. The van der Waals surface area contributed by atoms with Crippen molar-refractivity contribution in [2.75, 3.05) is 11.9 Å². The number of carbonyl (C=O) groups is 1. The summed E-state index contributed by atoms with van der Waals surface area (Å²) in [6.45, 7) is 0. The van der Waals surface area contributed by atoms with Crippen molar-refractivity contribution in [3.63, 3.8) is 0 Å². The highest BCUT2D eigenvalue weighted by atomic mass is 16.3. The highest BCUT2D eigenvalue weighted by Crippen LogP contribution is 2.31. The van der Waals surface area contributed by atoms with Crippen LogP contribution in [0.15, 0.2) is 65.5 Å². The second kappa shape index (κ2) is 8.63. The molecule has 2 aromatic carbocycles. The van der Waals surface area contributed by atoms with Gasteiger partial charge in [-0.15, -0.1) is 0 Å². The number of anilines is 1. The van der Waals surface area contributed by atoms with E-state index in [1.165, 1.54) is 4.57 Å². The highest BCUT2D eigenvalue weighted by molar-refractivity contribution is 5.95. The molecule has 1 heterocycles. The topological polar surface area (TPSA) is 87.5 Å². The Balaban J connectivity index is 1.79. The Morgan fingerprint density at radius 1 is 1.10 bits per heavy atom. The van der Waals surface area contributed by atoms with Gasteiger partial charge in [-0.1, -0.05) is 60.7 Å². The number of nitrogens with zero attached hydrogens (tertiary/aromatic N) is 3. The number of hydrogen-bond donors (Lipinski definition) is 2. The van der Waals surface area contributed by atoms with Crippen molar-refractivity contribution in [2.24, 2.45) is 7.05 Å². The van der Waals surface area contributed by atoms with Gasteiger partial charge in [0.15, 0.2) is 5.69 Å². The summed E-state index contributed by atoms with van der Waals surface area (Å²) in [5.74, 6) is -0.864. The number of nitrogens with one attached hydrogen (secondary N) is 1. The molecule has 0 radical (unpaired) electrons. The molecular formula is C24H26N4O3.